The van der Waals surface area contributed by atoms with Crippen molar-refractivity contribution in [2.24, 2.45) is 17.3 Å². The fourth-order valence-corrected chi connectivity index (χ4v) is 2.72. The van der Waals surface area contributed by atoms with E-state index in [1.807, 2.05) is 0 Å². The van der Waals surface area contributed by atoms with Crippen LogP contribution in [0.25, 0.3) is 0 Å². The van der Waals surface area contributed by atoms with Crippen LogP contribution in [0.15, 0.2) is 0 Å². The minimum Gasteiger partial charge on any atom is -0.0594 e. The van der Waals surface area contributed by atoms with Gasteiger partial charge in [0, 0.05) is 0 Å². The zero-order valence-corrected chi connectivity index (χ0v) is 6.19. The first-order chi connectivity index (χ1) is 4.18. The lowest BCUT2D eigenvalue weighted by molar-refractivity contribution is 0.255. The molecule has 1 radical (unpaired) electrons. The quantitative estimate of drug-likeness (QED) is 0.464. The Morgan fingerprint density at radius 2 is 2.22 bits per heavy atom. The zero-order chi connectivity index (χ0) is 6.48. The Hall–Kier alpha value is 0. The van der Waals surface area contributed by atoms with E-state index in [1.54, 1.807) is 0 Å². The molecule has 3 unspecified atom stereocenters. The van der Waals surface area contributed by atoms with Gasteiger partial charge in [-0.25, -0.2) is 0 Å². The van der Waals surface area contributed by atoms with Crippen LogP contribution in [0.4, 0.5) is 0 Å². The van der Waals surface area contributed by atoms with Crippen LogP contribution in [-0.2, 0) is 0 Å². The van der Waals surface area contributed by atoms with Gasteiger partial charge in [0.05, 0.1) is 0 Å². The molecule has 51 valence electrons. The van der Waals surface area contributed by atoms with Gasteiger partial charge in [0.1, 0.15) is 0 Å². The molecule has 3 atom stereocenters. The maximum Gasteiger partial charge on any atom is -0.0295 e. The Labute approximate surface area is 57.6 Å². The first-order valence-electron chi connectivity index (χ1n) is 4.04. The van der Waals surface area contributed by atoms with Gasteiger partial charge in [-0.3, -0.25) is 0 Å². The minimum absolute atomic E-state index is 0.461. The highest BCUT2D eigenvalue weighted by Gasteiger charge is 2.44. The second kappa shape index (κ2) is 1.53. The van der Waals surface area contributed by atoms with Gasteiger partial charge >= 0.3 is 0 Å². The van der Waals surface area contributed by atoms with Gasteiger partial charge in [-0.2, -0.15) is 0 Å². The molecule has 2 bridgehead atoms. The summed E-state index contributed by atoms with van der Waals surface area (Å²) >= 11 is 0. The third kappa shape index (κ3) is 0.720. The number of fused-ring (bicyclic) bond motifs is 2. The highest BCUT2D eigenvalue weighted by Crippen LogP contribution is 2.54. The second-order valence-corrected chi connectivity index (χ2v) is 4.23. The Morgan fingerprint density at radius 3 is 2.44 bits per heavy atom. The van der Waals surface area contributed by atoms with E-state index in [0.29, 0.717) is 5.41 Å². The van der Waals surface area contributed by atoms with Crippen LogP contribution in [0.1, 0.15) is 32.6 Å². The lowest BCUT2D eigenvalue weighted by Crippen LogP contribution is -2.19. The molecule has 0 aliphatic heterocycles. The molecule has 0 N–H and O–H groups in total. The normalized spacial score (nSPS) is 46.0. The van der Waals surface area contributed by atoms with E-state index in [9.17, 15) is 0 Å². The molecule has 0 saturated heterocycles. The highest BCUT2D eigenvalue weighted by molar-refractivity contribution is 4.98. The van der Waals surface area contributed by atoms with Crippen molar-refractivity contribution in [3.8, 4) is 0 Å². The Balaban J connectivity index is 2.18. The molecule has 2 fully saturated rings. The fraction of sp³-hybridized carbons (Fsp3) is 0.889. The van der Waals surface area contributed by atoms with Gasteiger partial charge in [-0.1, -0.05) is 13.3 Å². The van der Waals surface area contributed by atoms with Crippen LogP contribution >= 0.6 is 0 Å². The molecule has 2 aliphatic carbocycles. The predicted octanol–water partition coefficient (Wildman–Crippen LogP) is 2.65. The summed E-state index contributed by atoms with van der Waals surface area (Å²) in [6, 6.07) is 0. The molecule has 0 aromatic rings. The van der Waals surface area contributed by atoms with Crippen LogP contribution in [-0.4, -0.2) is 0 Å². The van der Waals surface area contributed by atoms with Crippen LogP contribution in [0.2, 0.25) is 0 Å². The summed E-state index contributed by atoms with van der Waals surface area (Å²) < 4.78 is 0. The molecule has 9 heavy (non-hydrogen) atoms. The molecule has 0 aromatic heterocycles. The third-order valence-electron chi connectivity index (χ3n) is 3.28. The van der Waals surface area contributed by atoms with Gasteiger partial charge < -0.3 is 0 Å². The molecule has 2 rings (SSSR count). The van der Waals surface area contributed by atoms with E-state index in [4.69, 9.17) is 0 Å². The lowest BCUT2D eigenvalue weighted by atomic mass is 9.77. The van der Waals surface area contributed by atoms with Crippen molar-refractivity contribution in [3.05, 3.63) is 6.92 Å². The van der Waals surface area contributed by atoms with E-state index in [0.717, 1.165) is 11.8 Å². The van der Waals surface area contributed by atoms with Gasteiger partial charge in [-0.15, -0.1) is 0 Å². The van der Waals surface area contributed by atoms with E-state index < -0.39 is 0 Å². The SMILES string of the molecule is [CH2]C1(C)CC2CCC1C2. The van der Waals surface area contributed by atoms with Crippen molar-refractivity contribution in [2.75, 3.05) is 0 Å². The summed E-state index contributed by atoms with van der Waals surface area (Å²) in [4.78, 5) is 0. The molecule has 2 saturated carbocycles. The fourth-order valence-electron chi connectivity index (χ4n) is 2.72. The molecule has 0 aromatic carbocycles. The molecular formula is C9H15. The van der Waals surface area contributed by atoms with Crippen LogP contribution in [0.5, 0.6) is 0 Å². The van der Waals surface area contributed by atoms with E-state index >= 15 is 0 Å². The number of hydrogen-bond donors (Lipinski definition) is 0. The van der Waals surface area contributed by atoms with E-state index in [-0.39, 0.29) is 0 Å². The smallest absolute Gasteiger partial charge is 0.0295 e. The van der Waals surface area contributed by atoms with Crippen molar-refractivity contribution < 1.29 is 0 Å². The molecule has 0 heteroatoms. The summed E-state index contributed by atoms with van der Waals surface area (Å²) in [7, 11) is 0. The van der Waals surface area contributed by atoms with E-state index in [2.05, 4.69) is 13.8 Å². The van der Waals surface area contributed by atoms with Crippen LogP contribution < -0.4 is 0 Å². The summed E-state index contributed by atoms with van der Waals surface area (Å²) in [5, 5.41) is 0. The van der Waals surface area contributed by atoms with Crippen molar-refractivity contribution in [1.29, 1.82) is 0 Å². The molecule has 0 heterocycles. The number of rotatable bonds is 0. The zero-order valence-electron chi connectivity index (χ0n) is 6.19. The maximum absolute atomic E-state index is 4.25. The highest BCUT2D eigenvalue weighted by atomic mass is 14.5. The van der Waals surface area contributed by atoms with Gasteiger partial charge in [0.25, 0.3) is 0 Å². The third-order valence-corrected chi connectivity index (χ3v) is 3.28. The summed E-state index contributed by atoms with van der Waals surface area (Å²) in [5.41, 5.74) is 0.461. The molecule has 0 nitrogen and oxygen atoms in total. The molecule has 0 amide bonds. The minimum atomic E-state index is 0.461. The largest absolute Gasteiger partial charge is 0.0594 e. The monoisotopic (exact) mass is 123 g/mol. The molecule has 0 spiro atoms. The van der Waals surface area contributed by atoms with Crippen LogP contribution in [0, 0.1) is 24.2 Å². The summed E-state index contributed by atoms with van der Waals surface area (Å²) in [5.74, 6) is 2.03. The van der Waals surface area contributed by atoms with Gasteiger partial charge in [-0.05, 0) is 43.4 Å². The Kier molecular flexibility index (Phi) is 0.980. The average molecular weight is 123 g/mol. The van der Waals surface area contributed by atoms with Crippen molar-refractivity contribution in [1.82, 2.24) is 0 Å². The van der Waals surface area contributed by atoms with Crippen LogP contribution in [0.3, 0.4) is 0 Å². The first kappa shape index (κ1) is 5.76. The standard InChI is InChI=1S/C9H15/c1-9(2)6-7-3-4-8(9)5-7/h7-8H,1,3-6H2,2H3. The maximum atomic E-state index is 4.25. The predicted molar refractivity (Wildman–Crippen MR) is 38.9 cm³/mol. The average Bonchev–Trinajstić information content (AvgIpc) is 2.19. The Morgan fingerprint density at radius 1 is 1.44 bits per heavy atom. The Bertz CT molecular complexity index is 124. The summed E-state index contributed by atoms with van der Waals surface area (Å²) in [6.07, 6.45) is 5.85. The van der Waals surface area contributed by atoms with Gasteiger partial charge in [0.2, 0.25) is 0 Å². The lowest BCUT2D eigenvalue weighted by Gasteiger charge is -2.28. The van der Waals surface area contributed by atoms with Gasteiger partial charge in [0.15, 0.2) is 0 Å². The summed E-state index contributed by atoms with van der Waals surface area (Å²) in [6.45, 7) is 6.58. The topological polar surface area (TPSA) is 0 Å². The van der Waals surface area contributed by atoms with Crippen molar-refractivity contribution in [3.63, 3.8) is 0 Å². The second-order valence-electron chi connectivity index (χ2n) is 4.23. The molecule has 2 aliphatic rings. The van der Waals surface area contributed by atoms with Crippen molar-refractivity contribution in [2.45, 2.75) is 32.6 Å². The first-order valence-corrected chi connectivity index (χ1v) is 4.04. The molecular weight excluding hydrogens is 108 g/mol. The van der Waals surface area contributed by atoms with E-state index in [1.165, 1.54) is 25.7 Å². The number of hydrogen-bond acceptors (Lipinski definition) is 0. The van der Waals surface area contributed by atoms with Crippen molar-refractivity contribution >= 4 is 0 Å².